The van der Waals surface area contributed by atoms with Crippen LogP contribution in [0.2, 0.25) is 0 Å². The first kappa shape index (κ1) is 19.2. The van der Waals surface area contributed by atoms with Crippen molar-refractivity contribution in [1.29, 1.82) is 0 Å². The van der Waals surface area contributed by atoms with Gasteiger partial charge in [-0.05, 0) is 35.7 Å². The number of para-hydroxylation sites is 1. The van der Waals surface area contributed by atoms with E-state index in [9.17, 15) is 4.79 Å². The van der Waals surface area contributed by atoms with E-state index in [-0.39, 0.29) is 12.5 Å². The first-order valence-corrected chi connectivity index (χ1v) is 10.4. The highest BCUT2D eigenvalue weighted by molar-refractivity contribution is 7.07. The molecule has 29 heavy (non-hydrogen) atoms. The number of thiazole rings is 1. The molecule has 0 saturated heterocycles. The highest BCUT2D eigenvalue weighted by Crippen LogP contribution is 2.33. The number of carbonyl (C=O) groups excluding carboxylic acids is 1. The number of anilines is 1. The molecule has 0 saturated carbocycles. The molecular formula is C23H23N3O2S. The molecule has 4 rings (SSSR count). The Morgan fingerprint density at radius 2 is 2.14 bits per heavy atom. The third kappa shape index (κ3) is 3.89. The van der Waals surface area contributed by atoms with Crippen molar-refractivity contribution < 1.29 is 9.53 Å². The lowest BCUT2D eigenvalue weighted by atomic mass is 10.0. The zero-order valence-electron chi connectivity index (χ0n) is 16.5. The van der Waals surface area contributed by atoms with Gasteiger partial charge in [-0.1, -0.05) is 38.1 Å². The summed E-state index contributed by atoms with van der Waals surface area (Å²) in [6.45, 7) is 8.96. The fraction of sp³-hybridized carbons (Fsp3) is 0.217. The molecule has 0 radical (unpaired) electrons. The molecule has 1 aliphatic rings. The molecule has 0 bridgehead atoms. The lowest BCUT2D eigenvalue weighted by Gasteiger charge is -2.18. The summed E-state index contributed by atoms with van der Waals surface area (Å²) < 4.78 is 7.61. The van der Waals surface area contributed by atoms with Gasteiger partial charge in [-0.3, -0.25) is 4.79 Å². The molecule has 3 aromatic rings. The van der Waals surface area contributed by atoms with Crippen molar-refractivity contribution in [2.24, 2.45) is 4.99 Å². The Kier molecular flexibility index (Phi) is 5.36. The average Bonchev–Trinajstić information content (AvgIpc) is 3.10. The summed E-state index contributed by atoms with van der Waals surface area (Å²) in [4.78, 5) is 17.5. The van der Waals surface area contributed by atoms with E-state index in [0.717, 1.165) is 21.7 Å². The molecule has 6 heteroatoms. The molecule has 0 spiro atoms. The van der Waals surface area contributed by atoms with E-state index < -0.39 is 0 Å². The van der Waals surface area contributed by atoms with Crippen molar-refractivity contribution in [3.05, 3.63) is 70.9 Å². The molecule has 1 aliphatic heterocycles. The molecule has 0 fully saturated rings. The number of fused-ring (bicyclic) bond motifs is 1. The molecule has 0 unspecified atom stereocenters. The van der Waals surface area contributed by atoms with E-state index in [4.69, 9.17) is 9.73 Å². The van der Waals surface area contributed by atoms with Gasteiger partial charge in [0.1, 0.15) is 5.75 Å². The van der Waals surface area contributed by atoms with Crippen LogP contribution in [0.5, 0.6) is 5.75 Å². The lowest BCUT2D eigenvalue weighted by molar-refractivity contribution is -0.118. The largest absolute Gasteiger partial charge is 0.482 e. The fourth-order valence-electron chi connectivity index (χ4n) is 3.38. The van der Waals surface area contributed by atoms with Crippen LogP contribution >= 0.6 is 11.3 Å². The molecule has 2 aromatic carbocycles. The Labute approximate surface area is 174 Å². The van der Waals surface area contributed by atoms with Crippen LogP contribution in [0.4, 0.5) is 11.4 Å². The van der Waals surface area contributed by atoms with Gasteiger partial charge in [0.25, 0.3) is 5.91 Å². The van der Waals surface area contributed by atoms with Crippen molar-refractivity contribution in [3.63, 3.8) is 0 Å². The monoisotopic (exact) mass is 405 g/mol. The molecule has 2 heterocycles. The summed E-state index contributed by atoms with van der Waals surface area (Å²) >= 11 is 1.59. The van der Waals surface area contributed by atoms with Crippen molar-refractivity contribution in [2.45, 2.75) is 26.3 Å². The Morgan fingerprint density at radius 1 is 1.31 bits per heavy atom. The predicted octanol–water partition coefficient (Wildman–Crippen LogP) is 5.09. The van der Waals surface area contributed by atoms with Gasteiger partial charge in [0.15, 0.2) is 11.4 Å². The number of nitrogens with zero attached hydrogens (tertiary/aromatic N) is 2. The molecule has 1 aromatic heterocycles. The van der Waals surface area contributed by atoms with E-state index in [1.807, 2.05) is 30.3 Å². The average molecular weight is 406 g/mol. The minimum Gasteiger partial charge on any atom is -0.482 e. The van der Waals surface area contributed by atoms with E-state index >= 15 is 0 Å². The predicted molar refractivity (Wildman–Crippen MR) is 118 cm³/mol. The minimum absolute atomic E-state index is 0.0551. The summed E-state index contributed by atoms with van der Waals surface area (Å²) in [5.41, 5.74) is 4.92. The Morgan fingerprint density at radius 3 is 2.93 bits per heavy atom. The fourth-order valence-corrected chi connectivity index (χ4v) is 4.31. The Hall–Kier alpha value is -3.12. The maximum absolute atomic E-state index is 11.7. The van der Waals surface area contributed by atoms with Crippen LogP contribution in [0.25, 0.3) is 11.3 Å². The van der Waals surface area contributed by atoms with E-state index in [1.165, 1.54) is 5.56 Å². The first-order valence-electron chi connectivity index (χ1n) is 9.56. The number of allylic oxidation sites excluding steroid dienone is 1. The molecule has 0 atom stereocenters. The Bertz CT molecular complexity index is 1140. The summed E-state index contributed by atoms with van der Waals surface area (Å²) in [7, 11) is 0. The number of hydrogen-bond donors (Lipinski definition) is 1. The van der Waals surface area contributed by atoms with E-state index in [1.54, 1.807) is 11.3 Å². The van der Waals surface area contributed by atoms with Crippen LogP contribution in [0.3, 0.4) is 0 Å². The lowest BCUT2D eigenvalue weighted by Crippen LogP contribution is -2.25. The van der Waals surface area contributed by atoms with Crippen molar-refractivity contribution in [1.82, 2.24) is 4.57 Å². The van der Waals surface area contributed by atoms with Gasteiger partial charge in [0, 0.05) is 17.5 Å². The summed E-state index contributed by atoms with van der Waals surface area (Å²) in [5, 5.41) is 4.97. The van der Waals surface area contributed by atoms with Crippen molar-refractivity contribution in [2.75, 3.05) is 11.9 Å². The third-order valence-electron chi connectivity index (χ3n) is 4.79. The van der Waals surface area contributed by atoms with Crippen LogP contribution < -0.4 is 14.9 Å². The number of ether oxygens (including phenoxy) is 1. The van der Waals surface area contributed by atoms with Crippen LogP contribution in [0.15, 0.2) is 65.5 Å². The third-order valence-corrected chi connectivity index (χ3v) is 5.66. The van der Waals surface area contributed by atoms with Crippen LogP contribution in [0.1, 0.15) is 25.3 Å². The number of carbonyl (C=O) groups is 1. The Balaban J connectivity index is 1.82. The van der Waals surface area contributed by atoms with Crippen LogP contribution in [-0.4, -0.2) is 17.1 Å². The SMILES string of the molecule is C=CCn1c(-c2ccc3c(c2)NC(=O)CO3)csc1=Nc1ccccc1C(C)C. The zero-order chi connectivity index (χ0) is 20.4. The second-order valence-electron chi connectivity index (χ2n) is 7.18. The number of hydrogen-bond acceptors (Lipinski definition) is 4. The van der Waals surface area contributed by atoms with Crippen molar-refractivity contribution in [3.8, 4) is 17.0 Å². The number of rotatable bonds is 5. The standard InChI is InChI=1S/C23H23N3O2S/c1-4-11-26-20(16-9-10-21-19(12-16)24-22(27)13-28-21)14-29-23(26)25-18-8-6-5-7-17(18)15(2)3/h4-10,12,14-15H,1,11,13H2,2-3H3,(H,24,27). The summed E-state index contributed by atoms with van der Waals surface area (Å²) in [5.74, 6) is 0.945. The number of nitrogens with one attached hydrogen (secondary N) is 1. The van der Waals surface area contributed by atoms with Gasteiger partial charge in [0.2, 0.25) is 0 Å². The highest BCUT2D eigenvalue weighted by Gasteiger charge is 2.17. The number of aromatic nitrogens is 1. The quantitative estimate of drug-likeness (QED) is 0.601. The zero-order valence-corrected chi connectivity index (χ0v) is 17.3. The maximum atomic E-state index is 11.7. The van der Waals surface area contributed by atoms with Gasteiger partial charge >= 0.3 is 0 Å². The highest BCUT2D eigenvalue weighted by atomic mass is 32.1. The number of benzene rings is 2. The van der Waals surface area contributed by atoms with Gasteiger partial charge < -0.3 is 14.6 Å². The minimum atomic E-state index is -0.139. The maximum Gasteiger partial charge on any atom is 0.262 e. The molecular weight excluding hydrogens is 382 g/mol. The van der Waals surface area contributed by atoms with Crippen molar-refractivity contribution >= 4 is 28.6 Å². The van der Waals surface area contributed by atoms with Gasteiger partial charge in [-0.25, -0.2) is 4.99 Å². The first-order chi connectivity index (χ1) is 14.1. The second-order valence-corrected chi connectivity index (χ2v) is 8.01. The van der Waals surface area contributed by atoms with Gasteiger partial charge in [-0.15, -0.1) is 17.9 Å². The normalized spacial score (nSPS) is 13.8. The van der Waals surface area contributed by atoms with E-state index in [2.05, 4.69) is 53.9 Å². The van der Waals surface area contributed by atoms with Gasteiger partial charge in [0.05, 0.1) is 17.1 Å². The van der Waals surface area contributed by atoms with Crippen LogP contribution in [0, 0.1) is 0 Å². The topological polar surface area (TPSA) is 55.6 Å². The molecule has 1 N–H and O–H groups in total. The molecule has 5 nitrogen and oxygen atoms in total. The molecule has 1 amide bonds. The summed E-state index contributed by atoms with van der Waals surface area (Å²) in [6, 6.07) is 14.1. The molecule has 0 aliphatic carbocycles. The van der Waals surface area contributed by atoms with E-state index in [0.29, 0.717) is 23.9 Å². The molecule has 148 valence electrons. The number of amides is 1. The van der Waals surface area contributed by atoms with Gasteiger partial charge in [-0.2, -0.15) is 0 Å². The smallest absolute Gasteiger partial charge is 0.262 e. The van der Waals surface area contributed by atoms with Crippen LogP contribution in [-0.2, 0) is 11.3 Å². The second kappa shape index (κ2) is 8.09. The summed E-state index contributed by atoms with van der Waals surface area (Å²) in [6.07, 6.45) is 1.87.